The number of benzene rings is 1. The first-order valence-electron chi connectivity index (χ1n) is 10.5. The highest BCUT2D eigenvalue weighted by Gasteiger charge is 2.30. The lowest BCUT2D eigenvalue weighted by atomic mass is 9.72. The summed E-state index contributed by atoms with van der Waals surface area (Å²) in [5, 5.41) is 0. The lowest BCUT2D eigenvalue weighted by molar-refractivity contribution is -0.122. The number of nitrogens with zero attached hydrogens (tertiary/aromatic N) is 1. The number of aryl methyl sites for hydroxylation is 2. The van der Waals surface area contributed by atoms with Crippen molar-refractivity contribution in [2.45, 2.75) is 53.0 Å². The molecule has 164 valence electrons. The molecule has 0 bridgehead atoms. The topological polar surface area (TPSA) is 93.3 Å². The van der Waals surface area contributed by atoms with Crippen molar-refractivity contribution in [3.8, 4) is 0 Å². The normalized spacial score (nSPS) is 16.2. The number of nitrogens with one attached hydrogen (secondary N) is 2. The summed E-state index contributed by atoms with van der Waals surface area (Å²) in [7, 11) is 0. The molecule has 2 heterocycles. The SMILES string of the molecule is CC(C)(C)C1CCc2sc(C(=O)NNC(=O)CCn3c(=O)oc4ccccc43)cc2C1. The molecule has 2 aromatic heterocycles. The maximum Gasteiger partial charge on any atom is 0.419 e. The molecule has 0 fully saturated rings. The lowest BCUT2D eigenvalue weighted by Crippen LogP contribution is -2.41. The van der Waals surface area contributed by atoms with Gasteiger partial charge in [-0.15, -0.1) is 11.3 Å². The Balaban J connectivity index is 1.32. The third-order valence-corrected chi connectivity index (χ3v) is 7.22. The van der Waals surface area contributed by atoms with Gasteiger partial charge >= 0.3 is 5.76 Å². The zero-order chi connectivity index (χ0) is 22.2. The fraction of sp³-hybridized carbons (Fsp3) is 0.435. The van der Waals surface area contributed by atoms with Gasteiger partial charge in [-0.3, -0.25) is 25.0 Å². The number of thiophene rings is 1. The van der Waals surface area contributed by atoms with Crippen molar-refractivity contribution in [1.29, 1.82) is 0 Å². The predicted octanol–water partition coefficient (Wildman–Crippen LogP) is 3.66. The van der Waals surface area contributed by atoms with E-state index >= 15 is 0 Å². The monoisotopic (exact) mass is 441 g/mol. The Labute approximate surface area is 184 Å². The number of aromatic nitrogens is 1. The number of para-hydroxylation sites is 2. The fourth-order valence-corrected chi connectivity index (χ4v) is 5.17. The van der Waals surface area contributed by atoms with Gasteiger partial charge in [0.05, 0.1) is 10.4 Å². The van der Waals surface area contributed by atoms with Gasteiger partial charge in [-0.1, -0.05) is 32.9 Å². The molecule has 3 aromatic rings. The number of hydrogen-bond donors (Lipinski definition) is 2. The molecular weight excluding hydrogens is 414 g/mol. The molecule has 0 saturated carbocycles. The first kappa shape index (κ1) is 21.4. The smallest absolute Gasteiger partial charge is 0.408 e. The molecule has 0 radical (unpaired) electrons. The van der Waals surface area contributed by atoms with Gasteiger partial charge in [-0.25, -0.2) is 4.79 Å². The van der Waals surface area contributed by atoms with Crippen LogP contribution in [0.25, 0.3) is 11.1 Å². The van der Waals surface area contributed by atoms with Crippen LogP contribution in [0.1, 0.15) is 53.7 Å². The number of carbonyl (C=O) groups is 2. The molecule has 1 aliphatic rings. The van der Waals surface area contributed by atoms with E-state index in [-0.39, 0.29) is 30.2 Å². The number of hydrazine groups is 1. The third kappa shape index (κ3) is 4.58. The van der Waals surface area contributed by atoms with E-state index in [0.29, 0.717) is 21.9 Å². The highest BCUT2D eigenvalue weighted by molar-refractivity contribution is 7.14. The van der Waals surface area contributed by atoms with E-state index < -0.39 is 5.76 Å². The second kappa shape index (κ2) is 8.34. The van der Waals surface area contributed by atoms with Gasteiger partial charge in [-0.05, 0) is 54.4 Å². The second-order valence-electron chi connectivity index (χ2n) is 9.10. The van der Waals surface area contributed by atoms with Crippen LogP contribution in [0, 0.1) is 11.3 Å². The summed E-state index contributed by atoms with van der Waals surface area (Å²) in [4.78, 5) is 38.6. The average molecular weight is 442 g/mol. The Kier molecular flexibility index (Phi) is 5.75. The van der Waals surface area contributed by atoms with Crippen LogP contribution in [-0.2, 0) is 24.2 Å². The molecule has 2 amide bonds. The highest BCUT2D eigenvalue weighted by atomic mass is 32.1. The van der Waals surface area contributed by atoms with E-state index in [9.17, 15) is 14.4 Å². The number of rotatable bonds is 4. The van der Waals surface area contributed by atoms with E-state index in [1.54, 1.807) is 24.3 Å². The van der Waals surface area contributed by atoms with Crippen LogP contribution in [0.15, 0.2) is 39.5 Å². The van der Waals surface area contributed by atoms with Gasteiger partial charge in [0.25, 0.3) is 5.91 Å². The Morgan fingerprint density at radius 1 is 1.23 bits per heavy atom. The number of fused-ring (bicyclic) bond motifs is 2. The highest BCUT2D eigenvalue weighted by Crippen LogP contribution is 2.40. The maximum atomic E-state index is 12.5. The molecule has 1 aromatic carbocycles. The summed E-state index contributed by atoms with van der Waals surface area (Å²) < 4.78 is 6.58. The zero-order valence-corrected chi connectivity index (χ0v) is 18.8. The molecule has 0 saturated heterocycles. The van der Waals surface area contributed by atoms with Crippen molar-refractivity contribution in [1.82, 2.24) is 15.4 Å². The third-order valence-electron chi connectivity index (χ3n) is 5.98. The quantitative estimate of drug-likeness (QED) is 0.604. The van der Waals surface area contributed by atoms with E-state index in [2.05, 4.69) is 31.6 Å². The molecule has 8 heteroatoms. The van der Waals surface area contributed by atoms with E-state index in [1.165, 1.54) is 26.3 Å². The summed E-state index contributed by atoms with van der Waals surface area (Å²) in [5.41, 5.74) is 7.56. The first-order valence-corrected chi connectivity index (χ1v) is 11.3. The maximum absolute atomic E-state index is 12.5. The first-order chi connectivity index (χ1) is 14.7. The summed E-state index contributed by atoms with van der Waals surface area (Å²) in [5.74, 6) is -0.589. The van der Waals surface area contributed by atoms with Crippen LogP contribution in [-0.4, -0.2) is 16.4 Å². The molecule has 31 heavy (non-hydrogen) atoms. The van der Waals surface area contributed by atoms with Gasteiger partial charge < -0.3 is 4.42 Å². The molecule has 1 aliphatic carbocycles. The summed E-state index contributed by atoms with van der Waals surface area (Å²) >= 11 is 1.50. The van der Waals surface area contributed by atoms with Gasteiger partial charge in [0.1, 0.15) is 0 Å². The molecule has 0 spiro atoms. The summed E-state index contributed by atoms with van der Waals surface area (Å²) in [6.45, 7) is 6.95. The number of amides is 2. The van der Waals surface area contributed by atoms with Crippen molar-refractivity contribution in [2.24, 2.45) is 11.3 Å². The van der Waals surface area contributed by atoms with Crippen LogP contribution in [0.4, 0.5) is 0 Å². The van der Waals surface area contributed by atoms with Crippen LogP contribution in [0.5, 0.6) is 0 Å². The van der Waals surface area contributed by atoms with Gasteiger partial charge in [0.15, 0.2) is 5.58 Å². The molecule has 7 nitrogen and oxygen atoms in total. The number of oxazole rings is 1. The number of hydrogen-bond acceptors (Lipinski definition) is 5. The van der Waals surface area contributed by atoms with Crippen molar-refractivity contribution < 1.29 is 14.0 Å². The molecule has 0 aliphatic heterocycles. The van der Waals surface area contributed by atoms with Crippen LogP contribution in [0.3, 0.4) is 0 Å². The minimum atomic E-state index is -0.504. The van der Waals surface area contributed by atoms with Crippen LogP contribution >= 0.6 is 11.3 Å². The number of carbonyl (C=O) groups excluding carboxylic acids is 2. The van der Waals surface area contributed by atoms with Crippen LogP contribution < -0.4 is 16.6 Å². The van der Waals surface area contributed by atoms with Crippen molar-refractivity contribution >= 4 is 34.3 Å². The van der Waals surface area contributed by atoms with Crippen molar-refractivity contribution in [3.63, 3.8) is 0 Å². The minimum Gasteiger partial charge on any atom is -0.408 e. The molecule has 4 rings (SSSR count). The van der Waals surface area contributed by atoms with E-state index in [1.807, 2.05) is 6.07 Å². The minimum absolute atomic E-state index is 0.0396. The molecular formula is C23H27N3O4S. The van der Waals surface area contributed by atoms with Crippen LogP contribution in [0.2, 0.25) is 0 Å². The average Bonchev–Trinajstić information content (AvgIpc) is 3.29. The molecule has 2 N–H and O–H groups in total. The lowest BCUT2D eigenvalue weighted by Gasteiger charge is -2.33. The second-order valence-corrected chi connectivity index (χ2v) is 10.2. The van der Waals surface area contributed by atoms with E-state index in [4.69, 9.17) is 4.42 Å². The zero-order valence-electron chi connectivity index (χ0n) is 18.0. The van der Waals surface area contributed by atoms with Gasteiger partial charge in [-0.2, -0.15) is 0 Å². The fourth-order valence-electron chi connectivity index (χ4n) is 4.06. The Morgan fingerprint density at radius 3 is 2.77 bits per heavy atom. The summed E-state index contributed by atoms with van der Waals surface area (Å²) in [6.07, 6.45) is 3.16. The molecule has 1 unspecified atom stereocenters. The Bertz CT molecular complexity index is 1180. The largest absolute Gasteiger partial charge is 0.419 e. The Morgan fingerprint density at radius 2 is 2.00 bits per heavy atom. The molecule has 1 atom stereocenters. The van der Waals surface area contributed by atoms with Gasteiger partial charge in [0.2, 0.25) is 5.91 Å². The summed E-state index contributed by atoms with van der Waals surface area (Å²) in [6, 6.07) is 9.01. The predicted molar refractivity (Wildman–Crippen MR) is 120 cm³/mol. The standard InChI is InChI=1S/C23H27N3O4S/c1-23(2,3)15-8-9-18-14(12-15)13-19(31-18)21(28)25-24-20(27)10-11-26-16-6-4-5-7-17(16)30-22(26)29/h4-7,13,15H,8-12H2,1-3H3,(H,24,27)(H,25,28). The van der Waals surface area contributed by atoms with Crippen molar-refractivity contribution in [3.05, 3.63) is 56.2 Å². The van der Waals surface area contributed by atoms with Crippen molar-refractivity contribution in [2.75, 3.05) is 0 Å². The van der Waals surface area contributed by atoms with Gasteiger partial charge in [0, 0.05) is 17.8 Å². The van der Waals surface area contributed by atoms with E-state index in [0.717, 1.165) is 19.3 Å². The Hall–Kier alpha value is -2.87.